The molecule has 1 fully saturated rings. The molecule has 1 aromatic heterocycles. The van der Waals surface area contributed by atoms with E-state index in [0.29, 0.717) is 11.4 Å². The molecule has 2 heterocycles. The Labute approximate surface area is 139 Å². The molecule has 0 bridgehead atoms. The molecule has 5 nitrogen and oxygen atoms in total. The molecule has 0 aliphatic carbocycles. The largest absolute Gasteiger partial charge is 0.497 e. The zero-order valence-corrected chi connectivity index (χ0v) is 14.3. The summed E-state index contributed by atoms with van der Waals surface area (Å²) in [5, 5.41) is 3.69. The van der Waals surface area contributed by atoms with Crippen molar-refractivity contribution in [3.05, 3.63) is 28.6 Å². The standard InChI is InChI=1S/C17H20N2O3S/c1-10-12-9-11(22-3)6-7-14(12)23-15(10)17(21)19-8-4-5-13(19)16(20)18-2/h6-7,9,13H,4-5,8H2,1-3H3,(H,18,20). The Morgan fingerprint density at radius 3 is 2.87 bits per heavy atom. The van der Waals surface area contributed by atoms with Crippen molar-refractivity contribution in [3.8, 4) is 5.75 Å². The fourth-order valence-corrected chi connectivity index (χ4v) is 4.26. The number of rotatable bonds is 3. The van der Waals surface area contributed by atoms with Crippen molar-refractivity contribution in [2.75, 3.05) is 20.7 Å². The summed E-state index contributed by atoms with van der Waals surface area (Å²) in [5.74, 6) is 0.645. The molecule has 2 aromatic rings. The lowest BCUT2D eigenvalue weighted by Crippen LogP contribution is -2.44. The van der Waals surface area contributed by atoms with E-state index in [4.69, 9.17) is 4.74 Å². The van der Waals surface area contributed by atoms with Crippen LogP contribution in [0.15, 0.2) is 18.2 Å². The first-order chi connectivity index (χ1) is 11.1. The smallest absolute Gasteiger partial charge is 0.264 e. The van der Waals surface area contributed by atoms with Gasteiger partial charge in [-0.2, -0.15) is 0 Å². The molecule has 2 amide bonds. The summed E-state index contributed by atoms with van der Waals surface area (Å²) in [6.07, 6.45) is 1.59. The van der Waals surface area contributed by atoms with Gasteiger partial charge in [0.05, 0.1) is 12.0 Å². The molecule has 122 valence electrons. The van der Waals surface area contributed by atoms with E-state index in [1.54, 1.807) is 19.1 Å². The van der Waals surface area contributed by atoms with E-state index in [9.17, 15) is 9.59 Å². The van der Waals surface area contributed by atoms with E-state index in [2.05, 4.69) is 5.32 Å². The number of ether oxygens (including phenoxy) is 1. The molecule has 1 saturated heterocycles. The zero-order chi connectivity index (χ0) is 16.6. The number of aryl methyl sites for hydroxylation is 1. The van der Waals surface area contributed by atoms with E-state index in [1.807, 2.05) is 25.1 Å². The third-order valence-electron chi connectivity index (χ3n) is 4.40. The van der Waals surface area contributed by atoms with Crippen LogP contribution in [-0.4, -0.2) is 43.5 Å². The Morgan fingerprint density at radius 1 is 1.39 bits per heavy atom. The highest BCUT2D eigenvalue weighted by Crippen LogP contribution is 2.35. The normalized spacial score (nSPS) is 17.5. The van der Waals surface area contributed by atoms with Gasteiger partial charge in [-0.05, 0) is 48.9 Å². The van der Waals surface area contributed by atoms with Crippen molar-refractivity contribution in [1.29, 1.82) is 0 Å². The molecule has 1 aromatic carbocycles. The first kappa shape index (κ1) is 15.8. The molecule has 1 aliphatic heterocycles. The molecule has 1 unspecified atom stereocenters. The summed E-state index contributed by atoms with van der Waals surface area (Å²) in [6, 6.07) is 5.48. The van der Waals surface area contributed by atoms with Crippen molar-refractivity contribution in [2.45, 2.75) is 25.8 Å². The number of methoxy groups -OCH3 is 1. The van der Waals surface area contributed by atoms with Gasteiger partial charge < -0.3 is 15.0 Å². The van der Waals surface area contributed by atoms with Crippen molar-refractivity contribution in [1.82, 2.24) is 10.2 Å². The Bertz CT molecular complexity index is 769. The number of hydrogen-bond donors (Lipinski definition) is 1. The first-order valence-electron chi connectivity index (χ1n) is 7.66. The number of fused-ring (bicyclic) bond motifs is 1. The zero-order valence-electron chi connectivity index (χ0n) is 13.5. The number of carbonyl (C=O) groups excluding carboxylic acids is 2. The summed E-state index contributed by atoms with van der Waals surface area (Å²) >= 11 is 1.48. The fraction of sp³-hybridized carbons (Fsp3) is 0.412. The van der Waals surface area contributed by atoms with Gasteiger partial charge in [0.1, 0.15) is 11.8 Å². The van der Waals surface area contributed by atoms with Gasteiger partial charge in [-0.1, -0.05) is 0 Å². The molecular formula is C17H20N2O3S. The van der Waals surface area contributed by atoms with E-state index >= 15 is 0 Å². The van der Waals surface area contributed by atoms with Crippen molar-refractivity contribution >= 4 is 33.2 Å². The molecule has 0 radical (unpaired) electrons. The summed E-state index contributed by atoms with van der Waals surface area (Å²) in [6.45, 7) is 2.59. The van der Waals surface area contributed by atoms with Gasteiger partial charge in [0.2, 0.25) is 5.91 Å². The van der Waals surface area contributed by atoms with Crippen LogP contribution in [0.1, 0.15) is 28.1 Å². The molecular weight excluding hydrogens is 312 g/mol. The van der Waals surface area contributed by atoms with Crippen LogP contribution in [-0.2, 0) is 4.79 Å². The number of nitrogens with zero attached hydrogens (tertiary/aromatic N) is 1. The predicted octanol–water partition coefficient (Wildman–Crippen LogP) is 2.57. The molecule has 3 rings (SSSR count). The van der Waals surface area contributed by atoms with Crippen LogP contribution < -0.4 is 10.1 Å². The van der Waals surface area contributed by atoms with Crippen molar-refractivity contribution < 1.29 is 14.3 Å². The van der Waals surface area contributed by atoms with Gasteiger partial charge in [-0.15, -0.1) is 11.3 Å². The SMILES string of the molecule is CNC(=O)C1CCCN1C(=O)c1sc2ccc(OC)cc2c1C. The number of likely N-dealkylation sites (N-methyl/N-ethyl adjacent to an activating group) is 1. The second-order valence-electron chi connectivity index (χ2n) is 5.69. The average Bonchev–Trinajstić information content (AvgIpc) is 3.18. The quantitative estimate of drug-likeness (QED) is 0.940. The Morgan fingerprint density at radius 2 is 2.17 bits per heavy atom. The van der Waals surface area contributed by atoms with Crippen LogP contribution in [0.2, 0.25) is 0 Å². The minimum absolute atomic E-state index is 0.0474. The lowest BCUT2D eigenvalue weighted by Gasteiger charge is -2.23. The number of carbonyl (C=O) groups is 2. The number of amides is 2. The summed E-state index contributed by atoms with van der Waals surface area (Å²) < 4.78 is 6.32. The van der Waals surface area contributed by atoms with E-state index in [0.717, 1.165) is 34.2 Å². The number of benzene rings is 1. The highest BCUT2D eigenvalue weighted by atomic mass is 32.1. The van der Waals surface area contributed by atoms with Gasteiger partial charge in [-0.3, -0.25) is 9.59 Å². The van der Waals surface area contributed by atoms with Crippen LogP contribution in [0.5, 0.6) is 5.75 Å². The number of nitrogens with one attached hydrogen (secondary N) is 1. The molecule has 23 heavy (non-hydrogen) atoms. The minimum Gasteiger partial charge on any atom is -0.497 e. The number of thiophene rings is 1. The molecule has 0 spiro atoms. The highest BCUT2D eigenvalue weighted by molar-refractivity contribution is 7.21. The Balaban J connectivity index is 1.97. The predicted molar refractivity (Wildman–Crippen MR) is 91.2 cm³/mol. The minimum atomic E-state index is -0.355. The topological polar surface area (TPSA) is 58.6 Å². The molecule has 1 atom stereocenters. The number of likely N-dealkylation sites (tertiary alicyclic amines) is 1. The summed E-state index contributed by atoms with van der Waals surface area (Å²) in [4.78, 5) is 27.3. The second kappa shape index (κ2) is 6.20. The van der Waals surface area contributed by atoms with Gasteiger partial charge >= 0.3 is 0 Å². The van der Waals surface area contributed by atoms with E-state index < -0.39 is 0 Å². The van der Waals surface area contributed by atoms with E-state index in [1.165, 1.54) is 11.3 Å². The molecule has 6 heteroatoms. The van der Waals surface area contributed by atoms with Gasteiger partial charge in [0.15, 0.2) is 0 Å². The monoisotopic (exact) mass is 332 g/mol. The highest BCUT2D eigenvalue weighted by Gasteiger charge is 2.35. The third kappa shape index (κ3) is 2.67. The van der Waals surface area contributed by atoms with E-state index in [-0.39, 0.29) is 17.9 Å². The second-order valence-corrected chi connectivity index (χ2v) is 6.74. The van der Waals surface area contributed by atoms with Crippen LogP contribution in [0.25, 0.3) is 10.1 Å². The molecule has 1 N–H and O–H groups in total. The van der Waals surface area contributed by atoms with Crippen LogP contribution in [0.3, 0.4) is 0 Å². The molecule has 1 aliphatic rings. The summed E-state index contributed by atoms with van der Waals surface area (Å²) in [7, 11) is 3.24. The van der Waals surface area contributed by atoms with Crippen LogP contribution in [0.4, 0.5) is 0 Å². The van der Waals surface area contributed by atoms with Crippen LogP contribution >= 0.6 is 11.3 Å². The van der Waals surface area contributed by atoms with Gasteiger partial charge in [0, 0.05) is 18.3 Å². The Kier molecular flexibility index (Phi) is 4.26. The first-order valence-corrected chi connectivity index (χ1v) is 8.48. The maximum atomic E-state index is 12.9. The lowest BCUT2D eigenvalue weighted by molar-refractivity contribution is -0.124. The third-order valence-corrected chi connectivity index (χ3v) is 5.66. The van der Waals surface area contributed by atoms with Gasteiger partial charge in [-0.25, -0.2) is 0 Å². The maximum absolute atomic E-state index is 12.9. The summed E-state index contributed by atoms with van der Waals surface area (Å²) in [5.41, 5.74) is 0.955. The van der Waals surface area contributed by atoms with Crippen LogP contribution in [0, 0.1) is 6.92 Å². The number of hydrogen-bond acceptors (Lipinski definition) is 4. The maximum Gasteiger partial charge on any atom is 0.264 e. The Hall–Kier alpha value is -2.08. The van der Waals surface area contributed by atoms with Crippen molar-refractivity contribution in [3.63, 3.8) is 0 Å². The van der Waals surface area contributed by atoms with Gasteiger partial charge in [0.25, 0.3) is 5.91 Å². The average molecular weight is 332 g/mol. The lowest BCUT2D eigenvalue weighted by atomic mass is 10.1. The fourth-order valence-electron chi connectivity index (χ4n) is 3.11. The van der Waals surface area contributed by atoms with Crippen molar-refractivity contribution in [2.24, 2.45) is 0 Å². The molecule has 0 saturated carbocycles.